The van der Waals surface area contributed by atoms with Gasteiger partial charge in [-0.2, -0.15) is 0 Å². The summed E-state index contributed by atoms with van der Waals surface area (Å²) in [5.41, 5.74) is 1.09. The minimum absolute atomic E-state index is 0.0327. The Labute approximate surface area is 114 Å². The summed E-state index contributed by atoms with van der Waals surface area (Å²) in [4.78, 5) is 11.7. The second-order valence-electron chi connectivity index (χ2n) is 4.42. The Balaban J connectivity index is 2.60. The molecule has 0 bridgehead atoms. The highest BCUT2D eigenvalue weighted by Crippen LogP contribution is 2.19. The van der Waals surface area contributed by atoms with Crippen LogP contribution >= 0.6 is 0 Å². The van der Waals surface area contributed by atoms with Crippen molar-refractivity contribution in [2.75, 3.05) is 13.7 Å². The van der Waals surface area contributed by atoms with E-state index in [1.54, 1.807) is 13.2 Å². The van der Waals surface area contributed by atoms with Crippen molar-refractivity contribution in [3.63, 3.8) is 0 Å². The molecule has 19 heavy (non-hydrogen) atoms. The summed E-state index contributed by atoms with van der Waals surface area (Å²) in [7, 11) is 1.64. The number of amides is 1. The number of carbonyl (C=O) groups excluding carboxylic acids is 1. The van der Waals surface area contributed by atoms with Crippen LogP contribution < -0.4 is 15.4 Å². The lowest BCUT2D eigenvalue weighted by Crippen LogP contribution is -2.43. The summed E-state index contributed by atoms with van der Waals surface area (Å²) in [5.74, 6) is 0.782. The van der Waals surface area contributed by atoms with Gasteiger partial charge in [-0.25, -0.2) is 0 Å². The SMILES string of the molecule is C=CCNC(=O)C(C)N[C@@H](C)c1cccc(OC)c1. The molecule has 1 aromatic rings. The second-order valence-corrected chi connectivity index (χ2v) is 4.42. The summed E-state index contributed by atoms with van der Waals surface area (Å²) in [5, 5.41) is 6.02. The Hall–Kier alpha value is -1.81. The molecule has 104 valence electrons. The zero-order chi connectivity index (χ0) is 14.3. The number of methoxy groups -OCH3 is 1. The molecule has 0 aromatic heterocycles. The average molecular weight is 262 g/mol. The first kappa shape index (κ1) is 15.2. The van der Waals surface area contributed by atoms with Gasteiger partial charge in [0.25, 0.3) is 0 Å². The number of ether oxygens (including phenoxy) is 1. The molecule has 0 saturated heterocycles. The Morgan fingerprint density at radius 3 is 2.84 bits per heavy atom. The molecule has 1 amide bonds. The maximum Gasteiger partial charge on any atom is 0.237 e. The van der Waals surface area contributed by atoms with E-state index in [4.69, 9.17) is 4.74 Å². The molecular formula is C15H22N2O2. The first-order valence-electron chi connectivity index (χ1n) is 6.37. The highest BCUT2D eigenvalue weighted by atomic mass is 16.5. The quantitative estimate of drug-likeness (QED) is 0.739. The van der Waals surface area contributed by atoms with Crippen LogP contribution in [-0.2, 0) is 4.79 Å². The van der Waals surface area contributed by atoms with Crippen molar-refractivity contribution in [1.29, 1.82) is 0 Å². The summed E-state index contributed by atoms with van der Waals surface area (Å²) in [6.07, 6.45) is 1.66. The Morgan fingerprint density at radius 2 is 2.21 bits per heavy atom. The van der Waals surface area contributed by atoms with Gasteiger partial charge in [0.05, 0.1) is 13.2 Å². The van der Waals surface area contributed by atoms with Crippen LogP contribution in [0.2, 0.25) is 0 Å². The first-order chi connectivity index (χ1) is 9.08. The van der Waals surface area contributed by atoms with Gasteiger partial charge >= 0.3 is 0 Å². The number of hydrogen-bond acceptors (Lipinski definition) is 3. The largest absolute Gasteiger partial charge is 0.497 e. The zero-order valence-electron chi connectivity index (χ0n) is 11.8. The minimum Gasteiger partial charge on any atom is -0.497 e. The smallest absolute Gasteiger partial charge is 0.237 e. The molecule has 0 heterocycles. The van der Waals surface area contributed by atoms with Crippen molar-refractivity contribution in [2.24, 2.45) is 0 Å². The molecule has 2 N–H and O–H groups in total. The second kappa shape index (κ2) is 7.59. The van der Waals surface area contributed by atoms with Gasteiger partial charge in [0.1, 0.15) is 5.75 Å². The number of hydrogen-bond donors (Lipinski definition) is 2. The van der Waals surface area contributed by atoms with E-state index in [1.807, 2.05) is 38.1 Å². The standard InChI is InChI=1S/C15H22N2O2/c1-5-9-16-15(18)12(3)17-11(2)13-7-6-8-14(10-13)19-4/h5-8,10-12,17H,1,9H2,2-4H3,(H,16,18)/t11-,12?/m0/s1. The van der Waals surface area contributed by atoms with Gasteiger partial charge < -0.3 is 10.1 Å². The number of rotatable bonds is 7. The van der Waals surface area contributed by atoms with E-state index >= 15 is 0 Å². The van der Waals surface area contributed by atoms with Gasteiger partial charge in [-0.05, 0) is 31.5 Å². The Morgan fingerprint density at radius 1 is 1.47 bits per heavy atom. The molecule has 0 saturated carbocycles. The third-order valence-electron chi connectivity index (χ3n) is 2.91. The van der Waals surface area contributed by atoms with E-state index in [0.29, 0.717) is 6.54 Å². The van der Waals surface area contributed by atoms with E-state index < -0.39 is 0 Å². The third-order valence-corrected chi connectivity index (χ3v) is 2.91. The fourth-order valence-corrected chi connectivity index (χ4v) is 1.78. The lowest BCUT2D eigenvalue weighted by Gasteiger charge is -2.20. The molecule has 0 aliphatic heterocycles. The minimum atomic E-state index is -0.263. The molecule has 1 unspecified atom stereocenters. The highest BCUT2D eigenvalue weighted by molar-refractivity contribution is 5.81. The van der Waals surface area contributed by atoms with Crippen LogP contribution in [0.25, 0.3) is 0 Å². The summed E-state index contributed by atoms with van der Waals surface area (Å²) < 4.78 is 5.19. The molecule has 0 spiro atoms. The van der Waals surface area contributed by atoms with Crippen molar-refractivity contribution in [1.82, 2.24) is 10.6 Å². The third kappa shape index (κ3) is 4.75. The van der Waals surface area contributed by atoms with Gasteiger partial charge in [-0.3, -0.25) is 10.1 Å². The molecule has 0 aliphatic rings. The van der Waals surface area contributed by atoms with Crippen molar-refractivity contribution >= 4 is 5.91 Å². The van der Waals surface area contributed by atoms with E-state index in [-0.39, 0.29) is 18.0 Å². The van der Waals surface area contributed by atoms with Crippen molar-refractivity contribution in [3.8, 4) is 5.75 Å². The van der Waals surface area contributed by atoms with Crippen molar-refractivity contribution in [3.05, 3.63) is 42.5 Å². The van der Waals surface area contributed by atoms with Gasteiger partial charge in [0.15, 0.2) is 0 Å². The van der Waals surface area contributed by atoms with Crippen molar-refractivity contribution in [2.45, 2.75) is 25.9 Å². The van der Waals surface area contributed by atoms with Gasteiger partial charge in [-0.15, -0.1) is 6.58 Å². The van der Waals surface area contributed by atoms with Gasteiger partial charge in [0.2, 0.25) is 5.91 Å². The van der Waals surface area contributed by atoms with Gasteiger partial charge in [-0.1, -0.05) is 18.2 Å². The summed E-state index contributed by atoms with van der Waals surface area (Å²) in [6, 6.07) is 7.62. The maximum absolute atomic E-state index is 11.7. The fourth-order valence-electron chi connectivity index (χ4n) is 1.78. The molecule has 1 rings (SSSR count). The lowest BCUT2D eigenvalue weighted by atomic mass is 10.1. The van der Waals surface area contributed by atoms with E-state index in [0.717, 1.165) is 11.3 Å². The fraction of sp³-hybridized carbons (Fsp3) is 0.400. The Bertz CT molecular complexity index is 432. The topological polar surface area (TPSA) is 50.4 Å². The molecule has 0 aliphatic carbocycles. The normalized spacial score (nSPS) is 13.4. The molecule has 4 nitrogen and oxygen atoms in total. The summed E-state index contributed by atoms with van der Waals surface area (Å²) in [6.45, 7) is 7.92. The van der Waals surface area contributed by atoms with Crippen LogP contribution in [0.15, 0.2) is 36.9 Å². The molecule has 4 heteroatoms. The number of benzene rings is 1. The predicted molar refractivity (Wildman–Crippen MR) is 77.2 cm³/mol. The molecular weight excluding hydrogens is 240 g/mol. The van der Waals surface area contributed by atoms with E-state index in [9.17, 15) is 4.79 Å². The van der Waals surface area contributed by atoms with E-state index in [1.165, 1.54) is 0 Å². The van der Waals surface area contributed by atoms with E-state index in [2.05, 4.69) is 17.2 Å². The average Bonchev–Trinajstić information content (AvgIpc) is 2.44. The molecule has 0 fully saturated rings. The van der Waals surface area contributed by atoms with Crippen LogP contribution in [-0.4, -0.2) is 25.6 Å². The highest BCUT2D eigenvalue weighted by Gasteiger charge is 2.15. The monoisotopic (exact) mass is 262 g/mol. The van der Waals surface area contributed by atoms with Crippen LogP contribution in [0, 0.1) is 0 Å². The predicted octanol–water partition coefficient (Wildman–Crippen LogP) is 2.04. The van der Waals surface area contributed by atoms with Crippen LogP contribution in [0.5, 0.6) is 5.75 Å². The van der Waals surface area contributed by atoms with Crippen LogP contribution in [0.3, 0.4) is 0 Å². The summed E-state index contributed by atoms with van der Waals surface area (Å²) >= 11 is 0. The maximum atomic E-state index is 11.7. The van der Waals surface area contributed by atoms with Crippen LogP contribution in [0.4, 0.5) is 0 Å². The lowest BCUT2D eigenvalue weighted by molar-refractivity contribution is -0.122. The number of nitrogens with one attached hydrogen (secondary N) is 2. The van der Waals surface area contributed by atoms with Crippen molar-refractivity contribution < 1.29 is 9.53 Å². The first-order valence-corrected chi connectivity index (χ1v) is 6.37. The molecule has 2 atom stereocenters. The van der Waals surface area contributed by atoms with Crippen LogP contribution in [0.1, 0.15) is 25.5 Å². The Kier molecular flexibility index (Phi) is 6.09. The number of carbonyl (C=O) groups is 1. The zero-order valence-corrected chi connectivity index (χ0v) is 11.8. The molecule has 1 aromatic carbocycles. The molecule has 0 radical (unpaired) electrons. The van der Waals surface area contributed by atoms with Gasteiger partial charge in [0, 0.05) is 12.6 Å².